The molecule has 0 amide bonds. The van der Waals surface area contributed by atoms with Crippen LogP contribution < -0.4 is 14.7 Å². The van der Waals surface area contributed by atoms with Crippen molar-refractivity contribution in [2.45, 2.75) is 67.0 Å². The van der Waals surface area contributed by atoms with E-state index in [1.807, 2.05) is 26.1 Å². The van der Waals surface area contributed by atoms with Crippen molar-refractivity contribution in [2.24, 2.45) is 0 Å². The van der Waals surface area contributed by atoms with Crippen LogP contribution in [0.4, 0.5) is 34.3 Å². The number of pyridine rings is 1. The Balaban J connectivity index is 0.000000515. The van der Waals surface area contributed by atoms with Crippen molar-refractivity contribution >= 4 is 34.3 Å². The Morgan fingerprint density at radius 2 is 1.32 bits per heavy atom. The number of rotatable bonds is 6. The van der Waals surface area contributed by atoms with E-state index >= 15 is 0 Å². The van der Waals surface area contributed by atoms with Gasteiger partial charge >= 0.3 is 0 Å². The third kappa shape index (κ3) is 6.36. The van der Waals surface area contributed by atoms with Crippen molar-refractivity contribution in [1.29, 1.82) is 0 Å². The van der Waals surface area contributed by atoms with Crippen LogP contribution in [-0.4, -0.2) is 18.2 Å². The molecule has 2 heterocycles. The molecule has 3 aromatic carbocycles. The first-order chi connectivity index (χ1) is 18.6. The molecule has 4 aromatic rings. The molecule has 0 spiro atoms. The van der Waals surface area contributed by atoms with Gasteiger partial charge in [-0.1, -0.05) is 89.4 Å². The van der Waals surface area contributed by atoms with Gasteiger partial charge in [-0.25, -0.2) is 4.98 Å². The first-order valence-electron chi connectivity index (χ1n) is 14.0. The molecule has 1 unspecified atom stereocenters. The highest BCUT2D eigenvalue weighted by Gasteiger charge is 2.33. The van der Waals surface area contributed by atoms with Crippen molar-refractivity contribution in [3.8, 4) is 0 Å². The maximum Gasteiger partial charge on any atom is 0.153 e. The van der Waals surface area contributed by atoms with Gasteiger partial charge in [-0.15, -0.1) is 0 Å². The summed E-state index contributed by atoms with van der Waals surface area (Å²) in [6.45, 7) is 12.8. The highest BCUT2D eigenvalue weighted by atomic mass is 15.4. The number of nitrogens with zero attached hydrogens (tertiary/aromatic N) is 4. The molecule has 0 saturated carbocycles. The fourth-order valence-corrected chi connectivity index (χ4v) is 4.68. The molecule has 4 heteroatoms. The summed E-state index contributed by atoms with van der Waals surface area (Å²) in [5.41, 5.74) is 6.98. The maximum absolute atomic E-state index is 4.62. The van der Waals surface area contributed by atoms with Crippen LogP contribution in [0.15, 0.2) is 97.2 Å². The van der Waals surface area contributed by atoms with Crippen LogP contribution in [0.1, 0.15) is 59.4 Å². The van der Waals surface area contributed by atoms with Gasteiger partial charge in [-0.3, -0.25) is 0 Å². The molecule has 0 fully saturated rings. The van der Waals surface area contributed by atoms with Crippen molar-refractivity contribution in [1.82, 2.24) is 4.98 Å². The summed E-state index contributed by atoms with van der Waals surface area (Å²) < 4.78 is 0. The van der Waals surface area contributed by atoms with Crippen LogP contribution in [-0.2, 0) is 0 Å². The number of fused-ring (bicyclic) bond motifs is 1. The van der Waals surface area contributed by atoms with E-state index in [1.54, 1.807) is 0 Å². The predicted octanol–water partition coefficient (Wildman–Crippen LogP) is 10.0. The van der Waals surface area contributed by atoms with E-state index in [1.165, 1.54) is 30.5 Å². The largest absolute Gasteiger partial charge is 0.337 e. The fourth-order valence-electron chi connectivity index (χ4n) is 4.68. The van der Waals surface area contributed by atoms with E-state index in [0.29, 0.717) is 0 Å². The number of benzene rings is 3. The molecule has 0 radical (unpaired) electrons. The SMILES string of the molecule is CC.CCCCC.Cc1ccc(N(c2ccccc2)c2ccccc2)cc1N1c2cccnc2N(C)C1C. The van der Waals surface area contributed by atoms with Crippen LogP contribution in [0.25, 0.3) is 0 Å². The molecular weight excluding hydrogens is 464 g/mol. The minimum Gasteiger partial charge on any atom is -0.337 e. The number of aromatic nitrogens is 1. The summed E-state index contributed by atoms with van der Waals surface area (Å²) in [4.78, 5) is 11.5. The molecule has 1 aliphatic heterocycles. The second-order valence-electron chi connectivity index (χ2n) is 9.29. The first kappa shape index (κ1) is 28.8. The van der Waals surface area contributed by atoms with Gasteiger partial charge in [0.2, 0.25) is 0 Å². The highest BCUT2D eigenvalue weighted by molar-refractivity contribution is 5.85. The number of anilines is 6. The summed E-state index contributed by atoms with van der Waals surface area (Å²) >= 11 is 0. The third-order valence-corrected chi connectivity index (χ3v) is 6.74. The summed E-state index contributed by atoms with van der Waals surface area (Å²) in [5.74, 6) is 1.02. The van der Waals surface area contributed by atoms with Gasteiger partial charge in [0.05, 0.1) is 5.69 Å². The molecule has 0 N–H and O–H groups in total. The molecule has 1 aromatic heterocycles. The summed E-state index contributed by atoms with van der Waals surface area (Å²) in [6, 6.07) is 31.9. The molecule has 5 rings (SSSR count). The number of unbranched alkanes of at least 4 members (excludes halogenated alkanes) is 2. The summed E-state index contributed by atoms with van der Waals surface area (Å²) in [5, 5.41) is 0. The van der Waals surface area contributed by atoms with Crippen LogP contribution in [0.2, 0.25) is 0 Å². The van der Waals surface area contributed by atoms with Crippen LogP contribution in [0.3, 0.4) is 0 Å². The average Bonchev–Trinajstić information content (AvgIpc) is 3.22. The van der Waals surface area contributed by atoms with Gasteiger partial charge < -0.3 is 14.7 Å². The average molecular weight is 509 g/mol. The van der Waals surface area contributed by atoms with Gasteiger partial charge in [0.1, 0.15) is 6.17 Å². The Labute approximate surface area is 230 Å². The molecule has 0 saturated heterocycles. The molecular formula is C34H44N4. The molecule has 0 bridgehead atoms. The van der Waals surface area contributed by atoms with E-state index in [9.17, 15) is 0 Å². The zero-order valence-corrected chi connectivity index (χ0v) is 24.2. The summed E-state index contributed by atoms with van der Waals surface area (Å²) in [6.07, 6.45) is 6.12. The number of para-hydroxylation sites is 2. The van der Waals surface area contributed by atoms with Gasteiger partial charge in [0.15, 0.2) is 5.82 Å². The van der Waals surface area contributed by atoms with Gasteiger partial charge in [0.25, 0.3) is 0 Å². The van der Waals surface area contributed by atoms with Crippen LogP contribution >= 0.6 is 0 Å². The van der Waals surface area contributed by atoms with E-state index < -0.39 is 0 Å². The molecule has 200 valence electrons. The summed E-state index contributed by atoms with van der Waals surface area (Å²) in [7, 11) is 2.11. The standard InChI is InChI=1S/C27H26N4.C5H12.C2H6/c1-20-16-17-24(31(22-11-6-4-7-12-22)23-13-8-5-9-14-23)19-26(20)30-21(2)29(3)27-25(30)15-10-18-28-27;1-3-5-4-2;1-2/h4-19,21H,1-3H3;3-5H2,1-2H3;1-2H3. The molecule has 4 nitrogen and oxygen atoms in total. The van der Waals surface area contributed by atoms with E-state index in [2.05, 4.69) is 139 Å². The second kappa shape index (κ2) is 14.2. The highest BCUT2D eigenvalue weighted by Crippen LogP contribution is 2.45. The monoisotopic (exact) mass is 508 g/mol. The Bertz CT molecular complexity index is 1200. The van der Waals surface area contributed by atoms with Gasteiger partial charge in [-0.05, 0) is 67.9 Å². The fraction of sp³-hybridized carbons (Fsp3) is 0.324. The Morgan fingerprint density at radius 3 is 1.84 bits per heavy atom. The quantitative estimate of drug-likeness (QED) is 0.258. The Kier molecular flexibility index (Phi) is 10.8. The number of aryl methyl sites for hydroxylation is 1. The predicted molar refractivity (Wildman–Crippen MR) is 167 cm³/mol. The minimum absolute atomic E-state index is 0.181. The normalized spacial score (nSPS) is 13.6. The van der Waals surface area contributed by atoms with Gasteiger partial charge in [-0.2, -0.15) is 0 Å². The lowest BCUT2D eigenvalue weighted by atomic mass is 10.1. The number of hydrogen-bond donors (Lipinski definition) is 0. The minimum atomic E-state index is 0.181. The van der Waals surface area contributed by atoms with Crippen LogP contribution in [0.5, 0.6) is 0 Å². The first-order valence-corrected chi connectivity index (χ1v) is 14.0. The van der Waals surface area contributed by atoms with Crippen molar-refractivity contribution < 1.29 is 0 Å². The molecule has 38 heavy (non-hydrogen) atoms. The Hall–Kier alpha value is -3.79. The van der Waals surface area contributed by atoms with E-state index in [4.69, 9.17) is 0 Å². The van der Waals surface area contributed by atoms with E-state index in [-0.39, 0.29) is 6.17 Å². The van der Waals surface area contributed by atoms with Crippen molar-refractivity contribution in [3.05, 3.63) is 103 Å². The lowest BCUT2D eigenvalue weighted by molar-refractivity contribution is 0.728. The van der Waals surface area contributed by atoms with E-state index in [0.717, 1.165) is 28.6 Å². The molecule has 1 aliphatic rings. The molecule has 0 aliphatic carbocycles. The van der Waals surface area contributed by atoms with Crippen molar-refractivity contribution in [2.75, 3.05) is 21.7 Å². The second-order valence-corrected chi connectivity index (χ2v) is 9.29. The Morgan fingerprint density at radius 1 is 0.737 bits per heavy atom. The zero-order chi connectivity index (χ0) is 27.5. The maximum atomic E-state index is 4.62. The van der Waals surface area contributed by atoms with Crippen LogP contribution in [0, 0.1) is 6.92 Å². The zero-order valence-electron chi connectivity index (χ0n) is 24.2. The van der Waals surface area contributed by atoms with Crippen molar-refractivity contribution in [3.63, 3.8) is 0 Å². The lowest BCUT2D eigenvalue weighted by Crippen LogP contribution is -2.36. The lowest BCUT2D eigenvalue weighted by Gasteiger charge is -2.31. The third-order valence-electron chi connectivity index (χ3n) is 6.74. The molecule has 1 atom stereocenters. The van der Waals surface area contributed by atoms with Gasteiger partial charge in [0, 0.05) is 36.0 Å². The number of hydrogen-bond acceptors (Lipinski definition) is 4. The smallest absolute Gasteiger partial charge is 0.153 e. The topological polar surface area (TPSA) is 22.6 Å².